The Kier molecular flexibility index (Phi) is 4.42. The number of aliphatic hydroxyl groups is 1. The molecule has 0 aromatic heterocycles. The van der Waals surface area contributed by atoms with E-state index < -0.39 is 21.1 Å². The number of hydrogen-bond acceptors (Lipinski definition) is 7. The van der Waals surface area contributed by atoms with Gasteiger partial charge in [-0.3, -0.25) is 10.1 Å². The fourth-order valence-corrected chi connectivity index (χ4v) is 2.69. The van der Waals surface area contributed by atoms with E-state index >= 15 is 0 Å². The third-order valence-corrected chi connectivity index (χ3v) is 4.26. The molecule has 1 heterocycles. The van der Waals surface area contributed by atoms with Gasteiger partial charge in [-0.1, -0.05) is 0 Å². The summed E-state index contributed by atoms with van der Waals surface area (Å²) in [5.74, 6) is -0.0671. The second-order valence-corrected chi connectivity index (χ2v) is 6.41. The number of nitrogens with zero attached hydrogens (tertiary/aromatic N) is 1. The quantitative estimate of drug-likeness (QED) is 0.412. The molecule has 2 atom stereocenters. The van der Waals surface area contributed by atoms with Crippen LogP contribution in [0.25, 0.3) is 0 Å². The molecule has 5 N–H and O–H groups in total. The van der Waals surface area contributed by atoms with Crippen LogP contribution in [0.5, 0.6) is 0 Å². The second kappa shape index (κ2) is 5.93. The number of sulfonamides is 1. The van der Waals surface area contributed by atoms with Crippen molar-refractivity contribution in [2.24, 2.45) is 11.1 Å². The summed E-state index contributed by atoms with van der Waals surface area (Å²) < 4.78 is 22.4. The summed E-state index contributed by atoms with van der Waals surface area (Å²) in [4.78, 5) is 10.0. The van der Waals surface area contributed by atoms with E-state index in [1.165, 1.54) is 12.1 Å². The van der Waals surface area contributed by atoms with E-state index in [1.807, 2.05) is 0 Å². The van der Waals surface area contributed by atoms with Crippen LogP contribution in [0.2, 0.25) is 0 Å². The highest BCUT2D eigenvalue weighted by Crippen LogP contribution is 2.27. The molecule has 1 aromatic carbocycles. The molecule has 10 heteroatoms. The first-order valence-corrected chi connectivity index (χ1v) is 7.77. The Hall–Kier alpha value is -1.75. The van der Waals surface area contributed by atoms with Gasteiger partial charge in [0.15, 0.2) is 0 Å². The Balaban J connectivity index is 2.21. The molecule has 0 saturated carbocycles. The summed E-state index contributed by atoms with van der Waals surface area (Å²) in [6.07, 6.45) is -0.514. The smallest absolute Gasteiger partial charge is 0.293 e. The molecule has 1 aliphatic heterocycles. The van der Waals surface area contributed by atoms with Crippen LogP contribution in [-0.4, -0.2) is 44.2 Å². The molecule has 1 saturated heterocycles. The maximum Gasteiger partial charge on any atom is 0.293 e. The SMILES string of the molecule is NS(=O)(=O)c1ccc(NCC2CNCC2O)c([N+](=O)[O-])c1. The van der Waals surface area contributed by atoms with Crippen molar-refractivity contribution in [3.8, 4) is 0 Å². The summed E-state index contributed by atoms with van der Waals surface area (Å²) in [5.41, 5.74) is -0.187. The molecule has 9 nitrogen and oxygen atoms in total. The molecule has 116 valence electrons. The third-order valence-electron chi connectivity index (χ3n) is 3.35. The average molecular weight is 316 g/mol. The lowest BCUT2D eigenvalue weighted by molar-refractivity contribution is -0.384. The first-order valence-electron chi connectivity index (χ1n) is 6.23. The monoisotopic (exact) mass is 316 g/mol. The Morgan fingerprint density at radius 2 is 2.19 bits per heavy atom. The number of β-amino-alcohol motifs (C(OH)–C–C–N with tert-alkyl or cyclic N) is 1. The van der Waals surface area contributed by atoms with Gasteiger partial charge in [-0.25, -0.2) is 13.6 Å². The van der Waals surface area contributed by atoms with Crippen molar-refractivity contribution in [1.82, 2.24) is 5.32 Å². The van der Waals surface area contributed by atoms with Crippen LogP contribution in [0.1, 0.15) is 0 Å². The van der Waals surface area contributed by atoms with Gasteiger partial charge in [0.05, 0.1) is 15.9 Å². The van der Waals surface area contributed by atoms with Crippen molar-refractivity contribution in [2.75, 3.05) is 25.0 Å². The van der Waals surface area contributed by atoms with Gasteiger partial charge in [0.25, 0.3) is 5.69 Å². The van der Waals surface area contributed by atoms with Crippen LogP contribution in [0.15, 0.2) is 23.1 Å². The van der Waals surface area contributed by atoms with Crippen molar-refractivity contribution >= 4 is 21.4 Å². The highest BCUT2D eigenvalue weighted by atomic mass is 32.2. The second-order valence-electron chi connectivity index (χ2n) is 4.85. The van der Waals surface area contributed by atoms with Crippen molar-refractivity contribution in [3.05, 3.63) is 28.3 Å². The lowest BCUT2D eigenvalue weighted by atomic mass is 10.1. The van der Waals surface area contributed by atoms with Crippen molar-refractivity contribution in [3.63, 3.8) is 0 Å². The normalized spacial score (nSPS) is 22.2. The number of rotatable bonds is 5. The minimum atomic E-state index is -4.00. The minimum absolute atomic E-state index is 0.0671. The molecule has 0 spiro atoms. The lowest BCUT2D eigenvalue weighted by Crippen LogP contribution is -2.25. The largest absolute Gasteiger partial charge is 0.391 e. The summed E-state index contributed by atoms with van der Waals surface area (Å²) in [6, 6.07) is 3.42. The predicted molar refractivity (Wildman–Crippen MR) is 75.3 cm³/mol. The average Bonchev–Trinajstić information content (AvgIpc) is 2.80. The summed E-state index contributed by atoms with van der Waals surface area (Å²) in [6.45, 7) is 1.43. The van der Waals surface area contributed by atoms with E-state index in [0.717, 1.165) is 6.07 Å². The van der Waals surface area contributed by atoms with E-state index in [-0.39, 0.29) is 22.2 Å². The fourth-order valence-electron chi connectivity index (χ4n) is 2.16. The first kappa shape index (κ1) is 15.6. The topological polar surface area (TPSA) is 148 Å². The number of nitrogens with two attached hydrogens (primary N) is 1. The lowest BCUT2D eigenvalue weighted by Gasteiger charge is -2.15. The Morgan fingerprint density at radius 3 is 2.71 bits per heavy atom. The fraction of sp³-hybridized carbons (Fsp3) is 0.455. The molecule has 2 rings (SSSR count). The van der Waals surface area contributed by atoms with Gasteiger partial charge in [0, 0.05) is 31.6 Å². The standard InChI is InChI=1S/C11H16N4O5S/c12-21(19,20)8-1-2-9(10(3-8)15(17)18)14-5-7-4-13-6-11(7)16/h1-3,7,11,13-14,16H,4-6H2,(H2,12,19,20). The predicted octanol–water partition coefficient (Wildman–Crippen LogP) is -0.766. The van der Waals surface area contributed by atoms with E-state index in [4.69, 9.17) is 5.14 Å². The molecule has 0 aliphatic carbocycles. The third kappa shape index (κ3) is 3.67. The molecular formula is C11H16N4O5S. The number of hydrogen-bond donors (Lipinski definition) is 4. The zero-order valence-corrected chi connectivity index (χ0v) is 11.8. The van der Waals surface area contributed by atoms with E-state index in [9.17, 15) is 23.6 Å². The van der Waals surface area contributed by atoms with Crippen LogP contribution < -0.4 is 15.8 Å². The van der Waals surface area contributed by atoms with Gasteiger partial charge in [-0.05, 0) is 12.1 Å². The highest BCUT2D eigenvalue weighted by molar-refractivity contribution is 7.89. The van der Waals surface area contributed by atoms with Gasteiger partial charge < -0.3 is 15.7 Å². The zero-order chi connectivity index (χ0) is 15.6. The van der Waals surface area contributed by atoms with E-state index in [1.54, 1.807) is 0 Å². The van der Waals surface area contributed by atoms with Gasteiger partial charge >= 0.3 is 0 Å². The van der Waals surface area contributed by atoms with Crippen molar-refractivity contribution in [1.29, 1.82) is 0 Å². The van der Waals surface area contributed by atoms with Gasteiger partial charge in [-0.15, -0.1) is 0 Å². The van der Waals surface area contributed by atoms with Gasteiger partial charge in [-0.2, -0.15) is 0 Å². The zero-order valence-electron chi connectivity index (χ0n) is 11.0. The Labute approximate surface area is 121 Å². The molecule has 21 heavy (non-hydrogen) atoms. The summed E-state index contributed by atoms with van der Waals surface area (Å²) in [5, 5.41) is 31.5. The molecule has 0 bridgehead atoms. The van der Waals surface area contributed by atoms with Crippen molar-refractivity contribution in [2.45, 2.75) is 11.0 Å². The molecule has 0 radical (unpaired) electrons. The van der Waals surface area contributed by atoms with Crippen molar-refractivity contribution < 1.29 is 18.4 Å². The number of anilines is 1. The molecule has 1 fully saturated rings. The molecular weight excluding hydrogens is 300 g/mol. The molecule has 1 aromatic rings. The van der Waals surface area contributed by atoms with Crippen LogP contribution in [0, 0.1) is 16.0 Å². The maximum atomic E-state index is 11.2. The summed E-state index contributed by atoms with van der Waals surface area (Å²) >= 11 is 0. The highest BCUT2D eigenvalue weighted by Gasteiger charge is 2.26. The number of aliphatic hydroxyl groups excluding tert-OH is 1. The summed E-state index contributed by atoms with van der Waals surface area (Å²) in [7, 11) is -4.00. The Morgan fingerprint density at radius 1 is 1.48 bits per heavy atom. The number of nitro groups is 1. The van der Waals surface area contributed by atoms with E-state index in [2.05, 4.69) is 10.6 Å². The maximum absolute atomic E-state index is 11.2. The van der Waals surface area contributed by atoms with E-state index in [0.29, 0.717) is 19.6 Å². The van der Waals surface area contributed by atoms with Crippen LogP contribution in [0.4, 0.5) is 11.4 Å². The number of benzene rings is 1. The number of nitro benzene ring substituents is 1. The molecule has 2 unspecified atom stereocenters. The van der Waals surface area contributed by atoms with Crippen LogP contribution >= 0.6 is 0 Å². The van der Waals surface area contributed by atoms with Crippen LogP contribution in [0.3, 0.4) is 0 Å². The molecule has 1 aliphatic rings. The van der Waals surface area contributed by atoms with Gasteiger partial charge in [0.2, 0.25) is 10.0 Å². The number of nitrogens with one attached hydrogen (secondary N) is 2. The number of primary sulfonamides is 1. The minimum Gasteiger partial charge on any atom is -0.391 e. The molecule has 0 amide bonds. The van der Waals surface area contributed by atoms with Gasteiger partial charge in [0.1, 0.15) is 5.69 Å². The van der Waals surface area contributed by atoms with Crippen LogP contribution in [-0.2, 0) is 10.0 Å². The Bertz CT molecular complexity index is 648. The first-order chi connectivity index (χ1) is 9.79.